The third kappa shape index (κ3) is 2.28. The predicted octanol–water partition coefficient (Wildman–Crippen LogP) is 2.33. The smallest absolute Gasteiger partial charge is 0.175 e. The summed E-state index contributed by atoms with van der Waals surface area (Å²) in [5, 5.41) is 0.462. The molecular weight excluding hydrogens is 246 g/mol. The van der Waals surface area contributed by atoms with E-state index in [2.05, 4.69) is 4.99 Å². The molecule has 86 valence electrons. The molecule has 0 saturated carbocycles. The Kier molecular flexibility index (Phi) is 3.04. The normalized spacial score (nSPS) is 16.2. The molecule has 1 aliphatic rings. The Morgan fingerprint density at radius 2 is 2.12 bits per heavy atom. The van der Waals surface area contributed by atoms with Gasteiger partial charge in [0.1, 0.15) is 0 Å². The molecule has 0 aromatic heterocycles. The molecule has 0 unspecified atom stereocenters. The summed E-state index contributed by atoms with van der Waals surface area (Å²) in [7, 11) is -3.19. The highest BCUT2D eigenvalue weighted by atomic mass is 35.5. The molecule has 3 nitrogen and oxygen atoms in total. The fraction of sp³-hybridized carbons (Fsp3) is 0.364. The second kappa shape index (κ2) is 4.18. The van der Waals surface area contributed by atoms with Crippen LogP contribution in [0.3, 0.4) is 0 Å². The summed E-state index contributed by atoms with van der Waals surface area (Å²) in [5.41, 5.74) is 1.83. The summed E-state index contributed by atoms with van der Waals surface area (Å²) in [4.78, 5) is 4.59. The van der Waals surface area contributed by atoms with E-state index < -0.39 is 9.84 Å². The topological polar surface area (TPSA) is 46.5 Å². The van der Waals surface area contributed by atoms with Crippen LogP contribution in [-0.4, -0.2) is 26.9 Å². The van der Waals surface area contributed by atoms with E-state index in [9.17, 15) is 8.42 Å². The molecule has 0 radical (unpaired) electrons. The van der Waals surface area contributed by atoms with Crippen LogP contribution in [0.1, 0.15) is 18.4 Å². The number of halogens is 1. The molecule has 5 heteroatoms. The van der Waals surface area contributed by atoms with Gasteiger partial charge in [-0.2, -0.15) is 0 Å². The van der Waals surface area contributed by atoms with Crippen molar-refractivity contribution in [3.8, 4) is 0 Å². The summed E-state index contributed by atoms with van der Waals surface area (Å²) in [5.74, 6) is 0. The van der Waals surface area contributed by atoms with Gasteiger partial charge < -0.3 is 0 Å². The van der Waals surface area contributed by atoms with Crippen molar-refractivity contribution >= 4 is 27.1 Å². The van der Waals surface area contributed by atoms with E-state index in [0.717, 1.165) is 30.7 Å². The summed E-state index contributed by atoms with van der Waals surface area (Å²) in [6.45, 7) is 0.833. The van der Waals surface area contributed by atoms with Crippen LogP contribution in [0.2, 0.25) is 5.02 Å². The number of rotatable bonds is 2. The molecule has 16 heavy (non-hydrogen) atoms. The van der Waals surface area contributed by atoms with Gasteiger partial charge in [0.25, 0.3) is 0 Å². The van der Waals surface area contributed by atoms with Crippen LogP contribution in [0.5, 0.6) is 0 Å². The van der Waals surface area contributed by atoms with Crippen LogP contribution in [0.4, 0.5) is 0 Å². The summed E-state index contributed by atoms with van der Waals surface area (Å²) < 4.78 is 22.7. The Hall–Kier alpha value is -0.870. The van der Waals surface area contributed by atoms with Crippen molar-refractivity contribution in [2.75, 3.05) is 12.8 Å². The van der Waals surface area contributed by atoms with E-state index >= 15 is 0 Å². The SMILES string of the molecule is CS(=O)(=O)c1ccc(C2=NCCC2)c(Cl)c1. The quantitative estimate of drug-likeness (QED) is 0.816. The predicted molar refractivity (Wildman–Crippen MR) is 65.2 cm³/mol. The van der Waals surface area contributed by atoms with E-state index in [1.807, 2.05) is 0 Å². The van der Waals surface area contributed by atoms with E-state index in [0.29, 0.717) is 5.02 Å². The van der Waals surface area contributed by atoms with Crippen molar-refractivity contribution < 1.29 is 8.42 Å². The summed E-state index contributed by atoms with van der Waals surface area (Å²) in [6.07, 6.45) is 3.13. The fourth-order valence-electron chi connectivity index (χ4n) is 1.72. The Labute approximate surface area is 100 Å². The zero-order valence-electron chi connectivity index (χ0n) is 8.90. The zero-order valence-corrected chi connectivity index (χ0v) is 10.5. The van der Waals surface area contributed by atoms with Crippen LogP contribution in [0.15, 0.2) is 28.1 Å². The minimum absolute atomic E-state index is 0.250. The first-order chi connectivity index (χ1) is 7.48. The number of aliphatic imine (C=N–C) groups is 1. The molecule has 0 saturated heterocycles. The van der Waals surface area contributed by atoms with E-state index in [4.69, 9.17) is 11.6 Å². The molecule has 2 rings (SSSR count). The molecule has 1 heterocycles. The molecule has 0 spiro atoms. The highest BCUT2D eigenvalue weighted by Crippen LogP contribution is 2.24. The molecule has 0 atom stereocenters. The van der Waals surface area contributed by atoms with Gasteiger partial charge in [0.15, 0.2) is 9.84 Å². The van der Waals surface area contributed by atoms with Crippen molar-refractivity contribution in [3.05, 3.63) is 28.8 Å². The summed E-state index contributed by atoms with van der Waals surface area (Å²) in [6, 6.07) is 4.81. The van der Waals surface area contributed by atoms with Crippen molar-refractivity contribution in [3.63, 3.8) is 0 Å². The van der Waals surface area contributed by atoms with Gasteiger partial charge >= 0.3 is 0 Å². The van der Waals surface area contributed by atoms with Crippen LogP contribution in [-0.2, 0) is 9.84 Å². The lowest BCUT2D eigenvalue weighted by Gasteiger charge is -2.05. The average Bonchev–Trinajstić information content (AvgIpc) is 2.69. The van der Waals surface area contributed by atoms with Crippen molar-refractivity contribution in [2.24, 2.45) is 4.99 Å². The standard InChI is InChI=1S/C11H12ClNO2S/c1-16(14,15)8-4-5-9(10(12)7-8)11-3-2-6-13-11/h4-5,7H,2-3,6H2,1H3. The van der Waals surface area contributed by atoms with Gasteiger partial charge in [0.05, 0.1) is 9.92 Å². The third-order valence-electron chi connectivity index (χ3n) is 2.55. The molecule has 0 N–H and O–H groups in total. The van der Waals surface area contributed by atoms with Gasteiger partial charge in [-0.1, -0.05) is 17.7 Å². The lowest BCUT2D eigenvalue weighted by molar-refractivity contribution is 0.602. The van der Waals surface area contributed by atoms with Gasteiger partial charge in [-0.15, -0.1) is 0 Å². The summed E-state index contributed by atoms with van der Waals surface area (Å²) >= 11 is 6.07. The second-order valence-corrected chi connectivity index (χ2v) is 6.27. The van der Waals surface area contributed by atoms with Gasteiger partial charge in [-0.05, 0) is 25.0 Å². The first kappa shape index (κ1) is 11.6. The van der Waals surface area contributed by atoms with Crippen molar-refractivity contribution in [2.45, 2.75) is 17.7 Å². The Morgan fingerprint density at radius 3 is 2.62 bits per heavy atom. The molecule has 1 aromatic rings. The Balaban J connectivity index is 2.45. The van der Waals surface area contributed by atoms with E-state index in [1.165, 1.54) is 12.3 Å². The lowest BCUT2D eigenvalue weighted by atomic mass is 10.1. The highest BCUT2D eigenvalue weighted by Gasteiger charge is 2.15. The van der Waals surface area contributed by atoms with Crippen LogP contribution < -0.4 is 0 Å². The molecule has 0 bridgehead atoms. The first-order valence-corrected chi connectivity index (χ1v) is 7.29. The van der Waals surface area contributed by atoms with Gasteiger partial charge in [0.2, 0.25) is 0 Å². The van der Waals surface area contributed by atoms with Crippen LogP contribution in [0, 0.1) is 0 Å². The molecule has 1 aromatic carbocycles. The van der Waals surface area contributed by atoms with Crippen molar-refractivity contribution in [1.82, 2.24) is 0 Å². The Bertz CT molecular complexity index is 549. The van der Waals surface area contributed by atoms with E-state index in [-0.39, 0.29) is 4.90 Å². The molecule has 1 aliphatic heterocycles. The molecule has 0 fully saturated rings. The van der Waals surface area contributed by atoms with E-state index in [1.54, 1.807) is 12.1 Å². The van der Waals surface area contributed by atoms with Crippen LogP contribution >= 0.6 is 11.6 Å². The minimum Gasteiger partial charge on any atom is -0.289 e. The third-order valence-corrected chi connectivity index (χ3v) is 3.98. The maximum Gasteiger partial charge on any atom is 0.175 e. The highest BCUT2D eigenvalue weighted by molar-refractivity contribution is 7.90. The molecule has 0 amide bonds. The monoisotopic (exact) mass is 257 g/mol. The second-order valence-electron chi connectivity index (χ2n) is 3.85. The molecular formula is C11H12ClNO2S. The maximum atomic E-state index is 11.3. The Morgan fingerprint density at radius 1 is 1.38 bits per heavy atom. The van der Waals surface area contributed by atoms with Gasteiger partial charge in [0, 0.05) is 24.1 Å². The number of sulfone groups is 1. The lowest BCUT2D eigenvalue weighted by Crippen LogP contribution is -2.01. The number of hydrogen-bond acceptors (Lipinski definition) is 3. The number of nitrogens with zero attached hydrogens (tertiary/aromatic N) is 1. The van der Waals surface area contributed by atoms with Crippen LogP contribution in [0.25, 0.3) is 0 Å². The van der Waals surface area contributed by atoms with Crippen molar-refractivity contribution in [1.29, 1.82) is 0 Å². The molecule has 0 aliphatic carbocycles. The number of hydrogen-bond donors (Lipinski definition) is 0. The zero-order chi connectivity index (χ0) is 11.8. The maximum absolute atomic E-state index is 11.3. The van der Waals surface area contributed by atoms with Gasteiger partial charge in [-0.25, -0.2) is 8.42 Å². The van der Waals surface area contributed by atoms with Gasteiger partial charge in [-0.3, -0.25) is 4.99 Å². The first-order valence-electron chi connectivity index (χ1n) is 5.02. The minimum atomic E-state index is -3.19. The fourth-order valence-corrected chi connectivity index (χ4v) is 2.72. The number of benzene rings is 1. The average molecular weight is 258 g/mol. The largest absolute Gasteiger partial charge is 0.289 e.